The highest BCUT2D eigenvalue weighted by molar-refractivity contribution is 5.96. The summed E-state index contributed by atoms with van der Waals surface area (Å²) in [6, 6.07) is 9.69. The molecule has 0 aliphatic carbocycles. The van der Waals surface area contributed by atoms with Gasteiger partial charge in [0.05, 0.1) is 6.54 Å². The molecule has 0 bridgehead atoms. The highest BCUT2D eigenvalue weighted by Crippen LogP contribution is 2.16. The fourth-order valence-corrected chi connectivity index (χ4v) is 3.13. The lowest BCUT2D eigenvalue weighted by molar-refractivity contribution is -0.192. The molecule has 1 amide bonds. The maximum atomic E-state index is 12.4. The third kappa shape index (κ3) is 5.77. The quantitative estimate of drug-likeness (QED) is 0.654. The number of pyridine rings is 1. The van der Waals surface area contributed by atoms with E-state index in [1.54, 1.807) is 6.20 Å². The van der Waals surface area contributed by atoms with Crippen LogP contribution in [0.3, 0.4) is 0 Å². The molecule has 2 N–H and O–H groups in total. The molecule has 0 spiro atoms. The van der Waals surface area contributed by atoms with E-state index in [2.05, 4.69) is 25.1 Å². The van der Waals surface area contributed by atoms with Gasteiger partial charge in [-0.15, -0.1) is 10.2 Å². The molecule has 1 aromatic carbocycles. The lowest BCUT2D eigenvalue weighted by Crippen LogP contribution is -2.25. The molecule has 1 aliphatic heterocycles. The van der Waals surface area contributed by atoms with Gasteiger partial charge in [0.2, 0.25) is 0 Å². The molecule has 164 valence electrons. The zero-order chi connectivity index (χ0) is 22.4. The first-order chi connectivity index (χ1) is 14.8. The number of carboxylic acids is 1. The van der Waals surface area contributed by atoms with Crippen LogP contribution in [0.5, 0.6) is 0 Å². The maximum absolute atomic E-state index is 12.4. The number of nitrogens with zero attached hydrogens (tertiary/aromatic N) is 4. The largest absolute Gasteiger partial charge is 0.490 e. The minimum Gasteiger partial charge on any atom is -0.475 e. The summed E-state index contributed by atoms with van der Waals surface area (Å²) in [5.74, 6) is -1.10. The van der Waals surface area contributed by atoms with Crippen molar-refractivity contribution in [1.82, 2.24) is 25.1 Å². The Morgan fingerprint density at radius 3 is 2.52 bits per heavy atom. The second-order valence-electron chi connectivity index (χ2n) is 6.90. The van der Waals surface area contributed by atoms with Gasteiger partial charge >= 0.3 is 12.1 Å². The second-order valence-corrected chi connectivity index (χ2v) is 6.90. The van der Waals surface area contributed by atoms with Gasteiger partial charge in [-0.1, -0.05) is 30.7 Å². The van der Waals surface area contributed by atoms with Gasteiger partial charge in [-0.2, -0.15) is 13.2 Å². The van der Waals surface area contributed by atoms with E-state index in [4.69, 9.17) is 9.90 Å². The number of hydrogen-bond donors (Lipinski definition) is 2. The molecular weight excluding hydrogens is 415 g/mol. The van der Waals surface area contributed by atoms with Crippen LogP contribution in [0.2, 0.25) is 0 Å². The number of nitrogens with one attached hydrogen (secondary N) is 1. The predicted molar refractivity (Wildman–Crippen MR) is 104 cm³/mol. The Bertz CT molecular complexity index is 1080. The molecule has 3 aromatic rings. The number of halogens is 3. The van der Waals surface area contributed by atoms with Gasteiger partial charge < -0.3 is 15.0 Å². The van der Waals surface area contributed by atoms with Crippen molar-refractivity contribution in [1.29, 1.82) is 0 Å². The molecular formula is C20H20F3N5O3. The molecule has 1 aliphatic rings. The fraction of sp³-hybridized carbons (Fsp3) is 0.350. The van der Waals surface area contributed by atoms with Crippen LogP contribution in [0.1, 0.15) is 41.4 Å². The van der Waals surface area contributed by atoms with Gasteiger partial charge in [0.25, 0.3) is 5.91 Å². The number of aryl methyl sites for hydroxylation is 1. The lowest BCUT2D eigenvalue weighted by Gasteiger charge is -2.08. The number of benzene rings is 1. The van der Waals surface area contributed by atoms with E-state index in [1.807, 2.05) is 30.3 Å². The number of carbonyl (C=O) groups is 2. The van der Waals surface area contributed by atoms with Crippen molar-refractivity contribution in [2.45, 2.75) is 44.9 Å². The molecule has 0 atom stereocenters. The molecule has 4 rings (SSSR count). The molecule has 11 heteroatoms. The highest BCUT2D eigenvalue weighted by Gasteiger charge is 2.38. The second kappa shape index (κ2) is 9.54. The first kappa shape index (κ1) is 22.2. The van der Waals surface area contributed by atoms with Gasteiger partial charge in [-0.3, -0.25) is 9.78 Å². The average Bonchev–Trinajstić information content (AvgIpc) is 2.97. The van der Waals surface area contributed by atoms with Crippen LogP contribution in [0.4, 0.5) is 13.2 Å². The number of fused-ring (bicyclic) bond motifs is 2. The molecule has 2 aromatic heterocycles. The number of carbonyl (C=O) groups excluding carboxylic acids is 1. The minimum atomic E-state index is -5.08. The number of aromatic nitrogens is 4. The topological polar surface area (TPSA) is 110 Å². The zero-order valence-corrected chi connectivity index (χ0v) is 16.4. The number of rotatable bonds is 3. The first-order valence-electron chi connectivity index (χ1n) is 9.60. The molecule has 31 heavy (non-hydrogen) atoms. The Hall–Kier alpha value is -3.50. The van der Waals surface area contributed by atoms with Crippen LogP contribution in [0.25, 0.3) is 10.8 Å². The van der Waals surface area contributed by atoms with E-state index < -0.39 is 12.1 Å². The monoisotopic (exact) mass is 435 g/mol. The summed E-state index contributed by atoms with van der Waals surface area (Å²) in [6.07, 6.45) is 1.13. The van der Waals surface area contributed by atoms with E-state index in [0.717, 1.165) is 48.2 Å². The summed E-state index contributed by atoms with van der Waals surface area (Å²) < 4.78 is 33.9. The summed E-state index contributed by atoms with van der Waals surface area (Å²) >= 11 is 0. The molecule has 8 nitrogen and oxygen atoms in total. The van der Waals surface area contributed by atoms with Crippen molar-refractivity contribution in [2.24, 2.45) is 0 Å². The summed E-state index contributed by atoms with van der Waals surface area (Å²) in [6.45, 7) is 1.31. The third-order valence-corrected chi connectivity index (χ3v) is 4.70. The Morgan fingerprint density at radius 2 is 1.81 bits per heavy atom. The number of aliphatic carboxylic acids is 1. The van der Waals surface area contributed by atoms with Gasteiger partial charge in [-0.05, 0) is 24.3 Å². The summed E-state index contributed by atoms with van der Waals surface area (Å²) in [5.41, 5.74) is 0.421. The Labute approximate surface area is 175 Å². The number of hydrogen-bond acceptors (Lipinski definition) is 5. The van der Waals surface area contributed by atoms with Crippen LogP contribution >= 0.6 is 0 Å². The van der Waals surface area contributed by atoms with Gasteiger partial charge in [0.1, 0.15) is 11.5 Å². The predicted octanol–water partition coefficient (Wildman–Crippen LogP) is 3.12. The number of alkyl halides is 3. The molecule has 0 radical (unpaired) electrons. The van der Waals surface area contributed by atoms with Crippen LogP contribution < -0.4 is 5.32 Å². The standard InChI is InChI=1S/C18H19N5O.C2HF3O2/c24-18(15-10-13-6-3-4-7-14(13)11-19-15)20-12-17-22-21-16-8-2-1-5-9-23(16)17;3-2(4,5)1(6)7/h3-4,6-7,10-11H,1-2,5,8-9,12H2,(H,20,24);(H,6,7). The molecule has 0 saturated heterocycles. The third-order valence-electron chi connectivity index (χ3n) is 4.70. The van der Waals surface area contributed by atoms with E-state index >= 15 is 0 Å². The smallest absolute Gasteiger partial charge is 0.475 e. The number of carboxylic acid groups (broad SMARTS) is 1. The van der Waals surface area contributed by atoms with E-state index in [0.29, 0.717) is 12.2 Å². The van der Waals surface area contributed by atoms with Crippen LogP contribution in [-0.4, -0.2) is 42.9 Å². The first-order valence-corrected chi connectivity index (χ1v) is 9.60. The molecule has 0 saturated carbocycles. The minimum absolute atomic E-state index is 0.188. The van der Waals surface area contributed by atoms with Gasteiger partial charge in [0, 0.05) is 24.5 Å². The van der Waals surface area contributed by atoms with Gasteiger partial charge in [0.15, 0.2) is 5.82 Å². The SMILES string of the molecule is O=C(NCc1nnc2n1CCCCC2)c1cc2ccccc2cn1.O=C(O)C(F)(F)F. The fourth-order valence-electron chi connectivity index (χ4n) is 3.13. The molecule has 3 heterocycles. The van der Waals surface area contributed by atoms with Crippen molar-refractivity contribution in [3.05, 3.63) is 53.9 Å². The Morgan fingerprint density at radius 1 is 1.10 bits per heavy atom. The number of amides is 1. The Balaban J connectivity index is 0.000000339. The Kier molecular flexibility index (Phi) is 6.83. The summed E-state index contributed by atoms with van der Waals surface area (Å²) in [5, 5.41) is 20.6. The van der Waals surface area contributed by atoms with Gasteiger partial charge in [-0.25, -0.2) is 4.79 Å². The normalized spacial score (nSPS) is 13.5. The van der Waals surface area contributed by atoms with Crippen molar-refractivity contribution in [3.63, 3.8) is 0 Å². The summed E-state index contributed by atoms with van der Waals surface area (Å²) in [7, 11) is 0. The van der Waals surface area contributed by atoms with Crippen LogP contribution in [-0.2, 0) is 24.3 Å². The lowest BCUT2D eigenvalue weighted by atomic mass is 10.1. The van der Waals surface area contributed by atoms with E-state index in [9.17, 15) is 18.0 Å². The highest BCUT2D eigenvalue weighted by atomic mass is 19.4. The van der Waals surface area contributed by atoms with Crippen molar-refractivity contribution >= 4 is 22.6 Å². The van der Waals surface area contributed by atoms with Crippen molar-refractivity contribution in [3.8, 4) is 0 Å². The van der Waals surface area contributed by atoms with E-state index in [1.165, 1.54) is 6.42 Å². The van der Waals surface area contributed by atoms with Crippen LogP contribution in [0, 0.1) is 0 Å². The van der Waals surface area contributed by atoms with Crippen molar-refractivity contribution < 1.29 is 27.9 Å². The van der Waals surface area contributed by atoms with E-state index in [-0.39, 0.29) is 5.91 Å². The molecule has 0 fully saturated rings. The van der Waals surface area contributed by atoms with Crippen molar-refractivity contribution in [2.75, 3.05) is 0 Å². The average molecular weight is 435 g/mol. The zero-order valence-electron chi connectivity index (χ0n) is 16.4. The summed E-state index contributed by atoms with van der Waals surface area (Å²) in [4.78, 5) is 25.5. The molecule has 0 unspecified atom stereocenters. The van der Waals surface area contributed by atoms with Crippen LogP contribution in [0.15, 0.2) is 36.5 Å². The maximum Gasteiger partial charge on any atom is 0.490 e.